The van der Waals surface area contributed by atoms with E-state index in [4.69, 9.17) is 15.9 Å². The van der Waals surface area contributed by atoms with Crippen molar-refractivity contribution in [1.29, 1.82) is 0 Å². The quantitative estimate of drug-likeness (QED) is 0.551. The molecule has 0 heterocycles. The van der Waals surface area contributed by atoms with Crippen molar-refractivity contribution in [2.45, 2.75) is 26.3 Å². The fourth-order valence-corrected chi connectivity index (χ4v) is 0.275. The monoisotopic (exact) mass is 191 g/mol. The number of Topliss-reactive ketones (excluding diaryl/α,β-unsaturated/α-hetero) is 1. The Morgan fingerprint density at radius 1 is 1.23 bits per heavy atom. The molecule has 0 aromatic heterocycles. The van der Waals surface area contributed by atoms with Crippen LogP contribution in [0.15, 0.2) is 0 Å². The summed E-state index contributed by atoms with van der Waals surface area (Å²) in [7, 11) is 0. The number of hydrogen-bond donors (Lipinski definition) is 3. The average molecular weight is 191 g/mol. The van der Waals surface area contributed by atoms with Crippen molar-refractivity contribution in [2.75, 3.05) is 0 Å². The van der Waals surface area contributed by atoms with Crippen LogP contribution in [-0.2, 0) is 14.4 Å². The molecule has 1 atom stereocenters. The van der Waals surface area contributed by atoms with Gasteiger partial charge in [0.15, 0.2) is 0 Å². The molecule has 6 nitrogen and oxygen atoms in total. The summed E-state index contributed by atoms with van der Waals surface area (Å²) in [6, 6.07) is -1.29. The van der Waals surface area contributed by atoms with Gasteiger partial charge in [0.1, 0.15) is 11.8 Å². The largest absolute Gasteiger partial charge is 0.481 e. The Bertz CT molecular complexity index is 197. The molecule has 0 aliphatic heterocycles. The second-order valence-corrected chi connectivity index (χ2v) is 2.45. The van der Waals surface area contributed by atoms with E-state index in [1.807, 2.05) is 0 Å². The zero-order chi connectivity index (χ0) is 11.0. The van der Waals surface area contributed by atoms with Gasteiger partial charge in [-0.3, -0.25) is 9.59 Å². The van der Waals surface area contributed by atoms with Crippen LogP contribution in [0.2, 0.25) is 0 Å². The molecular weight excluding hydrogens is 178 g/mol. The summed E-state index contributed by atoms with van der Waals surface area (Å²) < 4.78 is 0. The number of hydrogen-bond acceptors (Lipinski definition) is 4. The molecule has 0 saturated heterocycles. The standard InChI is InChI=1S/C4H7NO4.C3H6O/c5-2(4(8)9)1-3(6)7;1-3(2)4/h2H,1,5H2,(H,6,7)(H,8,9);1-2H3. The van der Waals surface area contributed by atoms with Gasteiger partial charge in [0.25, 0.3) is 0 Å². The number of carbonyl (C=O) groups excluding carboxylic acids is 1. The van der Waals surface area contributed by atoms with Gasteiger partial charge in [0, 0.05) is 0 Å². The highest BCUT2D eigenvalue weighted by atomic mass is 16.4. The van der Waals surface area contributed by atoms with Crippen LogP contribution >= 0.6 is 0 Å². The summed E-state index contributed by atoms with van der Waals surface area (Å²) in [5.74, 6) is -2.33. The molecular formula is C7H13NO5. The highest BCUT2D eigenvalue weighted by molar-refractivity contribution is 5.80. The topological polar surface area (TPSA) is 118 Å². The molecule has 13 heavy (non-hydrogen) atoms. The van der Waals surface area contributed by atoms with E-state index < -0.39 is 24.4 Å². The number of carboxylic acids is 2. The van der Waals surface area contributed by atoms with Crippen molar-refractivity contribution in [3.8, 4) is 0 Å². The van der Waals surface area contributed by atoms with Crippen LogP contribution in [-0.4, -0.2) is 34.0 Å². The summed E-state index contributed by atoms with van der Waals surface area (Å²) in [5, 5.41) is 16.0. The van der Waals surface area contributed by atoms with Crippen molar-refractivity contribution in [3.63, 3.8) is 0 Å². The lowest BCUT2D eigenvalue weighted by Crippen LogP contribution is -2.32. The summed E-state index contributed by atoms with van der Waals surface area (Å²) in [4.78, 5) is 29.1. The van der Waals surface area contributed by atoms with Gasteiger partial charge < -0.3 is 20.7 Å². The second-order valence-electron chi connectivity index (χ2n) is 2.45. The Hall–Kier alpha value is -1.43. The minimum Gasteiger partial charge on any atom is -0.481 e. The molecule has 0 saturated carbocycles. The second kappa shape index (κ2) is 7.23. The van der Waals surface area contributed by atoms with E-state index in [0.717, 1.165) is 0 Å². The summed E-state index contributed by atoms with van der Waals surface area (Å²) in [6.07, 6.45) is -0.532. The lowest BCUT2D eigenvalue weighted by Gasteiger charge is -1.99. The summed E-state index contributed by atoms with van der Waals surface area (Å²) >= 11 is 0. The van der Waals surface area contributed by atoms with E-state index in [0.29, 0.717) is 0 Å². The van der Waals surface area contributed by atoms with Crippen LogP contribution in [0.1, 0.15) is 20.3 Å². The van der Waals surface area contributed by atoms with E-state index in [1.54, 1.807) is 0 Å². The van der Waals surface area contributed by atoms with Gasteiger partial charge in [0.05, 0.1) is 6.42 Å². The van der Waals surface area contributed by atoms with Gasteiger partial charge in [0.2, 0.25) is 0 Å². The van der Waals surface area contributed by atoms with Crippen molar-refractivity contribution in [3.05, 3.63) is 0 Å². The Labute approximate surface area is 75.3 Å². The van der Waals surface area contributed by atoms with Crippen LogP contribution in [0.3, 0.4) is 0 Å². The third-order valence-corrected chi connectivity index (χ3v) is 0.712. The highest BCUT2D eigenvalue weighted by Gasteiger charge is 2.14. The molecule has 0 aromatic rings. The summed E-state index contributed by atoms with van der Waals surface area (Å²) in [6.45, 7) is 3.06. The number of rotatable bonds is 3. The van der Waals surface area contributed by atoms with Crippen molar-refractivity contribution >= 4 is 17.7 Å². The Balaban J connectivity index is 0. The number of carbonyl (C=O) groups is 3. The van der Waals surface area contributed by atoms with E-state index in [9.17, 15) is 14.4 Å². The molecule has 0 bridgehead atoms. The SMILES string of the molecule is CC(C)=O.NC(CC(=O)O)C(=O)O. The van der Waals surface area contributed by atoms with E-state index in [1.165, 1.54) is 13.8 Å². The lowest BCUT2D eigenvalue weighted by atomic mass is 10.2. The lowest BCUT2D eigenvalue weighted by molar-refractivity contribution is -0.144. The van der Waals surface area contributed by atoms with Crippen LogP contribution in [0.25, 0.3) is 0 Å². The van der Waals surface area contributed by atoms with Crippen LogP contribution in [0.5, 0.6) is 0 Å². The zero-order valence-electron chi connectivity index (χ0n) is 7.48. The molecule has 4 N–H and O–H groups in total. The van der Waals surface area contributed by atoms with Gasteiger partial charge in [-0.2, -0.15) is 0 Å². The molecule has 0 spiro atoms. The molecule has 0 amide bonds. The van der Waals surface area contributed by atoms with Crippen LogP contribution < -0.4 is 5.73 Å². The third kappa shape index (κ3) is 18.0. The number of ketones is 1. The van der Waals surface area contributed by atoms with Crippen molar-refractivity contribution < 1.29 is 24.6 Å². The molecule has 0 aliphatic carbocycles. The van der Waals surface area contributed by atoms with Gasteiger partial charge in [-0.25, -0.2) is 0 Å². The minimum absolute atomic E-state index is 0.167. The molecule has 76 valence electrons. The van der Waals surface area contributed by atoms with Gasteiger partial charge in [-0.1, -0.05) is 0 Å². The predicted octanol–water partition coefficient (Wildman–Crippen LogP) is -0.532. The van der Waals surface area contributed by atoms with Crippen LogP contribution in [0.4, 0.5) is 0 Å². The fourth-order valence-electron chi connectivity index (χ4n) is 0.275. The Morgan fingerprint density at radius 3 is 1.62 bits per heavy atom. The fraction of sp³-hybridized carbons (Fsp3) is 0.571. The average Bonchev–Trinajstić information content (AvgIpc) is 1.83. The first-order valence-electron chi connectivity index (χ1n) is 3.44. The molecule has 0 rings (SSSR count). The molecule has 0 aromatic carbocycles. The van der Waals surface area contributed by atoms with Crippen molar-refractivity contribution in [1.82, 2.24) is 0 Å². The van der Waals surface area contributed by atoms with Crippen molar-refractivity contribution in [2.24, 2.45) is 5.73 Å². The maximum absolute atomic E-state index is 9.85. The highest BCUT2D eigenvalue weighted by Crippen LogP contribution is 1.86. The first-order valence-corrected chi connectivity index (χ1v) is 3.44. The van der Waals surface area contributed by atoms with Gasteiger partial charge in [-0.05, 0) is 13.8 Å². The number of carboxylic acid groups (broad SMARTS) is 2. The molecule has 1 unspecified atom stereocenters. The minimum atomic E-state index is -1.29. The maximum Gasteiger partial charge on any atom is 0.321 e. The molecule has 0 fully saturated rings. The Kier molecular flexibility index (Phi) is 7.85. The number of aliphatic carboxylic acids is 2. The van der Waals surface area contributed by atoms with Gasteiger partial charge >= 0.3 is 11.9 Å². The Morgan fingerprint density at radius 2 is 1.54 bits per heavy atom. The number of nitrogens with two attached hydrogens (primary N) is 1. The summed E-state index contributed by atoms with van der Waals surface area (Å²) in [5.41, 5.74) is 4.84. The first-order chi connectivity index (χ1) is 5.77. The van der Waals surface area contributed by atoms with E-state index >= 15 is 0 Å². The molecule has 0 aliphatic rings. The zero-order valence-corrected chi connectivity index (χ0v) is 7.48. The molecule has 0 radical (unpaired) electrons. The third-order valence-electron chi connectivity index (χ3n) is 0.712. The van der Waals surface area contributed by atoms with Crippen LogP contribution in [0, 0.1) is 0 Å². The first kappa shape index (κ1) is 14.1. The normalized spacial score (nSPS) is 10.7. The van der Waals surface area contributed by atoms with E-state index in [-0.39, 0.29) is 5.78 Å². The smallest absolute Gasteiger partial charge is 0.321 e. The maximum atomic E-state index is 9.85. The van der Waals surface area contributed by atoms with Gasteiger partial charge in [-0.15, -0.1) is 0 Å². The predicted molar refractivity (Wildman–Crippen MR) is 44.2 cm³/mol. The molecule has 6 heteroatoms. The van der Waals surface area contributed by atoms with E-state index in [2.05, 4.69) is 0 Å².